The summed E-state index contributed by atoms with van der Waals surface area (Å²) in [5, 5.41) is 4.51. The van der Waals surface area contributed by atoms with Crippen molar-refractivity contribution in [3.63, 3.8) is 0 Å². The molecule has 29 heavy (non-hydrogen) atoms. The van der Waals surface area contributed by atoms with Gasteiger partial charge in [-0.25, -0.2) is 4.98 Å². The summed E-state index contributed by atoms with van der Waals surface area (Å²) in [7, 11) is 0. The average molecular weight is 425 g/mol. The topological polar surface area (TPSA) is 59.8 Å². The van der Waals surface area contributed by atoms with Gasteiger partial charge in [-0.3, -0.25) is 9.78 Å². The lowest BCUT2D eigenvalue weighted by atomic mass is 10.0. The number of carbonyl (C=O) groups excluding carboxylic acids is 1. The highest BCUT2D eigenvalue weighted by Crippen LogP contribution is 2.30. The van der Waals surface area contributed by atoms with Gasteiger partial charge in [0.15, 0.2) is 0 Å². The summed E-state index contributed by atoms with van der Waals surface area (Å²) in [6, 6.07) is 10.7. The first-order valence-corrected chi connectivity index (χ1v) is 9.94. The molecule has 0 fully saturated rings. The van der Waals surface area contributed by atoms with Crippen LogP contribution in [0.15, 0.2) is 61.3 Å². The van der Waals surface area contributed by atoms with Crippen LogP contribution in [0.25, 0.3) is 10.9 Å². The number of hydrogen-bond acceptors (Lipinski definition) is 3. The molecule has 0 aliphatic carbocycles. The number of benzene rings is 2. The Kier molecular flexibility index (Phi) is 5.51. The lowest BCUT2D eigenvalue weighted by molar-refractivity contribution is 0.102. The fraction of sp³-hybridized carbons (Fsp3) is 0.136. The predicted molar refractivity (Wildman–Crippen MR) is 117 cm³/mol. The second-order valence-electron chi connectivity index (χ2n) is 6.60. The molecule has 2 aromatic carbocycles. The van der Waals surface area contributed by atoms with Crippen molar-refractivity contribution in [1.29, 1.82) is 0 Å². The number of rotatable bonds is 5. The van der Waals surface area contributed by atoms with Crippen LogP contribution < -0.4 is 5.32 Å². The fourth-order valence-corrected chi connectivity index (χ4v) is 3.94. The first kappa shape index (κ1) is 19.4. The number of fused-ring (bicyclic) bond motifs is 1. The summed E-state index contributed by atoms with van der Waals surface area (Å²) < 4.78 is 2.02. The van der Waals surface area contributed by atoms with E-state index < -0.39 is 0 Å². The summed E-state index contributed by atoms with van der Waals surface area (Å²) in [6.07, 6.45) is 8.20. The quantitative estimate of drug-likeness (QED) is 0.453. The number of nitrogens with one attached hydrogen (secondary N) is 1. The minimum atomic E-state index is -0.370. The number of amides is 1. The predicted octanol–water partition coefficient (Wildman–Crippen LogP) is 5.60. The molecule has 5 nitrogen and oxygen atoms in total. The third-order valence-corrected chi connectivity index (χ3v) is 5.45. The van der Waals surface area contributed by atoms with Gasteiger partial charge in [0.1, 0.15) is 0 Å². The molecule has 0 radical (unpaired) electrons. The van der Waals surface area contributed by atoms with Gasteiger partial charge in [0.05, 0.1) is 33.1 Å². The van der Waals surface area contributed by atoms with E-state index in [2.05, 4.69) is 22.2 Å². The molecule has 1 amide bonds. The van der Waals surface area contributed by atoms with Gasteiger partial charge in [-0.05, 0) is 35.7 Å². The van der Waals surface area contributed by atoms with Crippen molar-refractivity contribution < 1.29 is 4.79 Å². The molecule has 0 aliphatic rings. The minimum Gasteiger partial charge on any atom is -0.333 e. The molecule has 1 N–H and O–H groups in total. The maximum Gasteiger partial charge on any atom is 0.258 e. The number of aryl methyl sites for hydroxylation is 1. The lowest BCUT2D eigenvalue weighted by Gasteiger charge is -2.15. The number of halogens is 2. The Bertz CT molecular complexity index is 1170. The van der Waals surface area contributed by atoms with Gasteiger partial charge in [0, 0.05) is 30.5 Å². The van der Waals surface area contributed by atoms with Gasteiger partial charge in [0.25, 0.3) is 5.91 Å². The van der Waals surface area contributed by atoms with Gasteiger partial charge in [-0.2, -0.15) is 0 Å². The standard InChI is InChI=1S/C22H18Cl2N4O/c1-2-14-11-26-21-15(16(14)12-28-10-9-25-13-28)5-3-8-19(21)27-22(29)20-17(23)6-4-7-18(20)24/h3-11,13H,2,12H2,1H3,(H,27,29). The number of aromatic nitrogens is 3. The van der Waals surface area contributed by atoms with Crippen LogP contribution in [-0.2, 0) is 13.0 Å². The molecule has 0 unspecified atom stereocenters. The summed E-state index contributed by atoms with van der Waals surface area (Å²) in [6.45, 7) is 2.78. The number of imidazole rings is 1. The first-order chi connectivity index (χ1) is 14.1. The molecule has 4 rings (SSSR count). The van der Waals surface area contributed by atoms with Crippen LogP contribution in [-0.4, -0.2) is 20.4 Å². The Balaban J connectivity index is 1.77. The largest absolute Gasteiger partial charge is 0.333 e. The zero-order valence-electron chi connectivity index (χ0n) is 15.7. The van der Waals surface area contributed by atoms with Crippen molar-refractivity contribution in [3.05, 3.63) is 88.1 Å². The highest BCUT2D eigenvalue weighted by molar-refractivity contribution is 6.40. The first-order valence-electron chi connectivity index (χ1n) is 9.19. The Hall–Kier alpha value is -2.89. The smallest absolute Gasteiger partial charge is 0.258 e. The van der Waals surface area contributed by atoms with Crippen LogP contribution in [0.2, 0.25) is 10.0 Å². The van der Waals surface area contributed by atoms with Gasteiger partial charge in [-0.1, -0.05) is 48.3 Å². The van der Waals surface area contributed by atoms with Crippen molar-refractivity contribution in [2.45, 2.75) is 19.9 Å². The van der Waals surface area contributed by atoms with E-state index in [1.54, 1.807) is 30.7 Å². The number of hydrogen-bond donors (Lipinski definition) is 1. The molecular weight excluding hydrogens is 407 g/mol. The number of anilines is 1. The lowest BCUT2D eigenvalue weighted by Crippen LogP contribution is -2.14. The average Bonchev–Trinajstić information content (AvgIpc) is 3.21. The van der Waals surface area contributed by atoms with Gasteiger partial charge < -0.3 is 9.88 Å². The van der Waals surface area contributed by atoms with Crippen LogP contribution in [0.5, 0.6) is 0 Å². The fourth-order valence-electron chi connectivity index (χ4n) is 3.37. The molecule has 0 spiro atoms. The van der Waals surface area contributed by atoms with E-state index in [-0.39, 0.29) is 11.5 Å². The third kappa shape index (κ3) is 3.84. The Morgan fingerprint density at radius 1 is 1.14 bits per heavy atom. The number of pyridine rings is 1. The third-order valence-electron chi connectivity index (χ3n) is 4.82. The number of para-hydroxylation sites is 1. The van der Waals surface area contributed by atoms with Crippen molar-refractivity contribution in [2.75, 3.05) is 5.32 Å². The summed E-state index contributed by atoms with van der Waals surface area (Å²) in [5.41, 5.74) is 3.89. The van der Waals surface area contributed by atoms with E-state index in [0.717, 1.165) is 28.5 Å². The summed E-state index contributed by atoms with van der Waals surface area (Å²) >= 11 is 12.4. The summed E-state index contributed by atoms with van der Waals surface area (Å²) in [5.74, 6) is -0.370. The number of nitrogens with zero attached hydrogens (tertiary/aromatic N) is 3. The zero-order valence-corrected chi connectivity index (χ0v) is 17.2. The highest BCUT2D eigenvalue weighted by Gasteiger charge is 2.17. The molecular formula is C22H18Cl2N4O. The normalized spacial score (nSPS) is 11.0. The van der Waals surface area contributed by atoms with Crippen LogP contribution in [0.1, 0.15) is 28.4 Å². The molecule has 0 atom stereocenters. The van der Waals surface area contributed by atoms with Gasteiger partial charge in [0.2, 0.25) is 0 Å². The zero-order chi connectivity index (χ0) is 20.4. The van der Waals surface area contributed by atoms with E-state index in [9.17, 15) is 4.79 Å². The molecule has 0 saturated heterocycles. The van der Waals surface area contributed by atoms with Gasteiger partial charge >= 0.3 is 0 Å². The molecule has 0 saturated carbocycles. The Morgan fingerprint density at radius 3 is 2.59 bits per heavy atom. The van der Waals surface area contributed by atoms with Crippen molar-refractivity contribution in [2.24, 2.45) is 0 Å². The second kappa shape index (κ2) is 8.23. The molecule has 2 aromatic heterocycles. The van der Waals surface area contributed by atoms with Crippen LogP contribution >= 0.6 is 23.2 Å². The summed E-state index contributed by atoms with van der Waals surface area (Å²) in [4.78, 5) is 21.6. The molecule has 0 aliphatic heterocycles. The van der Waals surface area contributed by atoms with E-state index >= 15 is 0 Å². The second-order valence-corrected chi connectivity index (χ2v) is 7.42. The van der Waals surface area contributed by atoms with Crippen molar-refractivity contribution in [3.8, 4) is 0 Å². The number of carbonyl (C=O) groups is 1. The Labute approximate surface area is 178 Å². The highest BCUT2D eigenvalue weighted by atomic mass is 35.5. The van der Waals surface area contributed by atoms with Crippen LogP contribution in [0, 0.1) is 0 Å². The SMILES string of the molecule is CCc1cnc2c(NC(=O)c3c(Cl)cccc3Cl)cccc2c1Cn1ccnc1. The van der Waals surface area contributed by atoms with Crippen LogP contribution in [0.3, 0.4) is 0 Å². The molecule has 0 bridgehead atoms. The monoisotopic (exact) mass is 424 g/mol. The maximum absolute atomic E-state index is 12.8. The molecule has 7 heteroatoms. The maximum atomic E-state index is 12.8. The molecule has 4 aromatic rings. The van der Waals surface area contributed by atoms with E-state index in [1.165, 1.54) is 0 Å². The van der Waals surface area contributed by atoms with E-state index in [1.807, 2.05) is 35.2 Å². The van der Waals surface area contributed by atoms with Crippen molar-refractivity contribution >= 4 is 45.7 Å². The molecule has 2 heterocycles. The Morgan fingerprint density at radius 2 is 1.90 bits per heavy atom. The minimum absolute atomic E-state index is 0.247. The van der Waals surface area contributed by atoms with Crippen molar-refractivity contribution in [1.82, 2.24) is 14.5 Å². The molecule has 146 valence electrons. The van der Waals surface area contributed by atoms with E-state index in [0.29, 0.717) is 22.3 Å². The van der Waals surface area contributed by atoms with Crippen LogP contribution in [0.4, 0.5) is 5.69 Å². The van der Waals surface area contributed by atoms with E-state index in [4.69, 9.17) is 23.2 Å². The van der Waals surface area contributed by atoms with Gasteiger partial charge in [-0.15, -0.1) is 0 Å².